The second kappa shape index (κ2) is 3.81. The van der Waals surface area contributed by atoms with E-state index < -0.39 is 10.1 Å². The molecule has 0 aromatic heterocycles. The first kappa shape index (κ1) is 10.6. The van der Waals surface area contributed by atoms with Crippen LogP contribution in [0.2, 0.25) is 0 Å². The first-order valence-corrected chi connectivity index (χ1v) is 4.07. The highest BCUT2D eigenvalue weighted by Crippen LogP contribution is 2.05. The first-order valence-electron chi connectivity index (χ1n) is 2.63. The normalized spacial score (nSPS) is 10.3. The Morgan fingerprint density at radius 2 is 1.55 bits per heavy atom. The summed E-state index contributed by atoms with van der Waals surface area (Å²) in [5.41, 5.74) is 0. The molecule has 0 fully saturated rings. The van der Waals surface area contributed by atoms with Gasteiger partial charge < -0.3 is 0 Å². The fraction of sp³-hybridized carbons (Fsp3) is 0. The lowest BCUT2D eigenvalue weighted by Crippen LogP contribution is -1.96. The van der Waals surface area contributed by atoms with Crippen LogP contribution in [0, 0.1) is 0 Å². The second-order valence-electron chi connectivity index (χ2n) is 1.79. The highest BCUT2D eigenvalue weighted by atomic mass is 32.2. The van der Waals surface area contributed by atoms with E-state index in [1.807, 2.05) is 0 Å². The van der Waals surface area contributed by atoms with E-state index in [4.69, 9.17) is 4.55 Å². The van der Waals surface area contributed by atoms with E-state index in [9.17, 15) is 8.42 Å². The van der Waals surface area contributed by atoms with Crippen molar-refractivity contribution in [2.24, 2.45) is 0 Å². The summed E-state index contributed by atoms with van der Waals surface area (Å²) in [6.45, 7) is 0. The van der Waals surface area contributed by atoms with Gasteiger partial charge in [-0.05, 0) is 12.1 Å². The van der Waals surface area contributed by atoms with Crippen LogP contribution in [-0.4, -0.2) is 13.0 Å². The Morgan fingerprint density at radius 3 is 1.82 bits per heavy atom. The molecule has 1 aromatic carbocycles. The lowest BCUT2D eigenvalue weighted by atomic mass is 10.4. The molecule has 0 amide bonds. The highest BCUT2D eigenvalue weighted by molar-refractivity contribution is 7.85. The van der Waals surface area contributed by atoms with Gasteiger partial charge in [-0.25, -0.2) is 0 Å². The lowest BCUT2D eigenvalue weighted by molar-refractivity contribution is 0.483. The quantitative estimate of drug-likeness (QED) is 0.533. The maximum absolute atomic E-state index is 10.4. The second-order valence-corrected chi connectivity index (χ2v) is 3.21. The fourth-order valence-electron chi connectivity index (χ4n) is 0.592. The number of rotatable bonds is 1. The molecule has 0 aliphatic heterocycles. The van der Waals surface area contributed by atoms with E-state index in [0.29, 0.717) is 0 Å². The van der Waals surface area contributed by atoms with E-state index in [2.05, 4.69) is 0 Å². The van der Waals surface area contributed by atoms with Crippen LogP contribution in [0.15, 0.2) is 35.2 Å². The van der Waals surface area contributed by atoms with Gasteiger partial charge in [0.1, 0.15) is 0 Å². The maximum Gasteiger partial charge on any atom is 0.294 e. The van der Waals surface area contributed by atoms with Crippen LogP contribution in [0.1, 0.15) is 0 Å². The first-order chi connectivity index (χ1) is 4.61. The molecule has 1 aromatic rings. The van der Waals surface area contributed by atoms with E-state index in [0.717, 1.165) is 0 Å². The van der Waals surface area contributed by atoms with Crippen molar-refractivity contribution >= 4 is 20.0 Å². The Kier molecular flexibility index (Phi) is 3.66. The van der Waals surface area contributed by atoms with Crippen molar-refractivity contribution < 1.29 is 13.0 Å². The molecule has 62 valence electrons. The van der Waals surface area contributed by atoms with Gasteiger partial charge in [0.05, 0.1) is 4.90 Å². The third-order valence-electron chi connectivity index (χ3n) is 1.04. The molecule has 1 unspecified atom stereocenters. The molecule has 0 heterocycles. The van der Waals surface area contributed by atoms with Crippen LogP contribution in [0.4, 0.5) is 0 Å². The van der Waals surface area contributed by atoms with Crippen LogP contribution in [0.5, 0.6) is 0 Å². The van der Waals surface area contributed by atoms with E-state index in [-0.39, 0.29) is 14.8 Å². The molecule has 0 saturated heterocycles. The van der Waals surface area contributed by atoms with Gasteiger partial charge in [0.2, 0.25) is 0 Å². The van der Waals surface area contributed by atoms with E-state index in [1.54, 1.807) is 18.2 Å². The summed E-state index contributed by atoms with van der Waals surface area (Å²) in [7, 11) is -4.00. The van der Waals surface area contributed by atoms with Crippen LogP contribution in [-0.2, 0) is 10.1 Å². The van der Waals surface area contributed by atoms with Gasteiger partial charge in [-0.3, -0.25) is 4.55 Å². The molecule has 11 heavy (non-hydrogen) atoms. The van der Waals surface area contributed by atoms with Gasteiger partial charge >= 0.3 is 0 Å². The largest absolute Gasteiger partial charge is 0.294 e. The summed E-state index contributed by atoms with van der Waals surface area (Å²) < 4.78 is 29.2. The third-order valence-corrected chi connectivity index (χ3v) is 1.91. The van der Waals surface area contributed by atoms with Gasteiger partial charge in [0.15, 0.2) is 0 Å². The molecule has 1 N–H and O–H groups in total. The molecular weight excluding hydrogens is 183 g/mol. The molecule has 0 saturated carbocycles. The SMILES string of the molecule is O=S(=O)(O)c1ccccc1.P. The van der Waals surface area contributed by atoms with Crippen molar-refractivity contribution in [3.8, 4) is 0 Å². The Bertz CT molecular complexity index is 306. The molecular formula is C6H9O3PS. The van der Waals surface area contributed by atoms with Crippen LogP contribution in [0.3, 0.4) is 0 Å². The molecule has 0 bridgehead atoms. The van der Waals surface area contributed by atoms with E-state index in [1.165, 1.54) is 12.1 Å². The van der Waals surface area contributed by atoms with Crippen molar-refractivity contribution in [2.45, 2.75) is 4.90 Å². The Labute approximate surface area is 68.8 Å². The van der Waals surface area contributed by atoms with Gasteiger partial charge in [-0.2, -0.15) is 18.3 Å². The molecule has 1 rings (SSSR count). The minimum absolute atomic E-state index is 0. The predicted octanol–water partition coefficient (Wildman–Crippen LogP) is 0.991. The number of hydrogen-bond donors (Lipinski definition) is 1. The van der Waals surface area contributed by atoms with Crippen LogP contribution in [0.25, 0.3) is 0 Å². The number of benzene rings is 1. The van der Waals surface area contributed by atoms with Crippen LogP contribution >= 0.6 is 9.90 Å². The monoisotopic (exact) mass is 192 g/mol. The van der Waals surface area contributed by atoms with Crippen molar-refractivity contribution in [3.05, 3.63) is 30.3 Å². The molecule has 0 aliphatic rings. The summed E-state index contributed by atoms with van der Waals surface area (Å²) in [6.07, 6.45) is 0. The third kappa shape index (κ3) is 2.97. The van der Waals surface area contributed by atoms with Crippen molar-refractivity contribution in [3.63, 3.8) is 0 Å². The van der Waals surface area contributed by atoms with Crippen molar-refractivity contribution in [2.75, 3.05) is 0 Å². The van der Waals surface area contributed by atoms with Crippen molar-refractivity contribution in [1.29, 1.82) is 0 Å². The molecule has 0 spiro atoms. The summed E-state index contributed by atoms with van der Waals surface area (Å²) in [5, 5.41) is 0. The highest BCUT2D eigenvalue weighted by Gasteiger charge is 2.05. The molecule has 1 atom stereocenters. The summed E-state index contributed by atoms with van der Waals surface area (Å²) in [5.74, 6) is 0. The summed E-state index contributed by atoms with van der Waals surface area (Å²) in [6, 6.07) is 7.42. The van der Waals surface area contributed by atoms with Crippen molar-refractivity contribution in [1.82, 2.24) is 0 Å². The molecule has 3 nitrogen and oxygen atoms in total. The smallest absolute Gasteiger partial charge is 0.282 e. The topological polar surface area (TPSA) is 54.4 Å². The zero-order valence-electron chi connectivity index (χ0n) is 5.77. The standard InChI is InChI=1S/C6H6O3S.H3P/c7-10(8,9)6-4-2-1-3-5-6;/h1-5H,(H,7,8,9);1H3. The molecule has 0 radical (unpaired) electrons. The fourth-order valence-corrected chi connectivity index (χ4v) is 1.09. The Morgan fingerprint density at radius 1 is 1.09 bits per heavy atom. The summed E-state index contributed by atoms with van der Waals surface area (Å²) >= 11 is 0. The number of hydrogen-bond acceptors (Lipinski definition) is 2. The van der Waals surface area contributed by atoms with Gasteiger partial charge in [0.25, 0.3) is 10.1 Å². The molecule has 0 aliphatic carbocycles. The molecule has 5 heteroatoms. The van der Waals surface area contributed by atoms with Gasteiger partial charge in [-0.15, -0.1) is 0 Å². The van der Waals surface area contributed by atoms with Gasteiger partial charge in [-0.1, -0.05) is 18.2 Å². The zero-order valence-corrected chi connectivity index (χ0v) is 8.00. The minimum Gasteiger partial charge on any atom is -0.282 e. The minimum atomic E-state index is -4.00. The lowest BCUT2D eigenvalue weighted by Gasteiger charge is -1.92. The average molecular weight is 192 g/mol. The average Bonchev–Trinajstić information content (AvgIpc) is 1.88. The predicted molar refractivity (Wildman–Crippen MR) is 47.4 cm³/mol. The van der Waals surface area contributed by atoms with E-state index >= 15 is 0 Å². The maximum atomic E-state index is 10.4. The Balaban J connectivity index is 0.000001000. The summed E-state index contributed by atoms with van der Waals surface area (Å²) in [4.78, 5) is -0.0741. The van der Waals surface area contributed by atoms with Gasteiger partial charge in [0, 0.05) is 0 Å². The Hall–Kier alpha value is -0.440. The van der Waals surface area contributed by atoms with Crippen LogP contribution < -0.4 is 0 Å². The zero-order chi connectivity index (χ0) is 7.61.